The molecule has 0 aliphatic carbocycles. The fourth-order valence-corrected chi connectivity index (χ4v) is 2.94. The van der Waals surface area contributed by atoms with Gasteiger partial charge in [0, 0.05) is 24.8 Å². The summed E-state index contributed by atoms with van der Waals surface area (Å²) in [7, 11) is 4.21. The number of hydrogen-bond acceptors (Lipinski definition) is 2. The third-order valence-corrected chi connectivity index (χ3v) is 4.08. The van der Waals surface area contributed by atoms with E-state index in [9.17, 15) is 0 Å². The van der Waals surface area contributed by atoms with Crippen LogP contribution in [0.1, 0.15) is 44.2 Å². The molecule has 94 valence electrons. The van der Waals surface area contributed by atoms with Crippen LogP contribution in [0, 0.1) is 0 Å². The summed E-state index contributed by atoms with van der Waals surface area (Å²) < 4.78 is 0. The zero-order valence-electron chi connectivity index (χ0n) is 11.7. The van der Waals surface area contributed by atoms with Crippen molar-refractivity contribution in [2.75, 3.05) is 19.0 Å². The second-order valence-corrected chi connectivity index (χ2v) is 5.90. The van der Waals surface area contributed by atoms with Crippen molar-refractivity contribution in [1.82, 2.24) is 5.32 Å². The molecule has 17 heavy (non-hydrogen) atoms. The van der Waals surface area contributed by atoms with Gasteiger partial charge in [0.1, 0.15) is 0 Å². The summed E-state index contributed by atoms with van der Waals surface area (Å²) in [6, 6.07) is 6.88. The number of nitrogens with one attached hydrogen (secondary N) is 1. The Morgan fingerprint density at radius 2 is 2.12 bits per heavy atom. The van der Waals surface area contributed by atoms with Gasteiger partial charge in [-0.1, -0.05) is 19.1 Å². The molecule has 2 heteroatoms. The minimum atomic E-state index is 0.261. The Morgan fingerprint density at radius 3 is 2.76 bits per heavy atom. The van der Waals surface area contributed by atoms with E-state index < -0.39 is 0 Å². The van der Waals surface area contributed by atoms with Crippen molar-refractivity contribution in [3.8, 4) is 0 Å². The molecule has 0 saturated heterocycles. The Balaban J connectivity index is 2.42. The van der Waals surface area contributed by atoms with Gasteiger partial charge in [-0.3, -0.25) is 0 Å². The SMILES string of the molecule is CNCc1ccc2c(c1)[C@@H](C)CC(C)(C)N2C. The van der Waals surface area contributed by atoms with E-state index in [1.807, 2.05) is 7.05 Å². The van der Waals surface area contributed by atoms with Gasteiger partial charge in [0.05, 0.1) is 0 Å². The average molecular weight is 232 g/mol. The van der Waals surface area contributed by atoms with E-state index in [4.69, 9.17) is 0 Å². The summed E-state index contributed by atoms with van der Waals surface area (Å²) >= 11 is 0. The minimum Gasteiger partial charge on any atom is -0.369 e. The number of fused-ring (bicyclic) bond motifs is 1. The molecule has 2 rings (SSSR count). The van der Waals surface area contributed by atoms with Crippen LogP contribution in [0.3, 0.4) is 0 Å². The number of anilines is 1. The van der Waals surface area contributed by atoms with E-state index in [1.165, 1.54) is 23.2 Å². The van der Waals surface area contributed by atoms with Crippen molar-refractivity contribution in [2.45, 2.75) is 45.2 Å². The van der Waals surface area contributed by atoms with Crippen molar-refractivity contribution in [3.05, 3.63) is 29.3 Å². The molecule has 1 aliphatic rings. The quantitative estimate of drug-likeness (QED) is 0.843. The van der Waals surface area contributed by atoms with Crippen molar-refractivity contribution >= 4 is 5.69 Å². The molecule has 0 amide bonds. The van der Waals surface area contributed by atoms with E-state index in [0.717, 1.165) is 6.54 Å². The van der Waals surface area contributed by atoms with E-state index in [-0.39, 0.29) is 5.54 Å². The molecule has 0 bridgehead atoms. The van der Waals surface area contributed by atoms with Crippen LogP contribution in [0.15, 0.2) is 18.2 Å². The molecule has 1 heterocycles. The summed E-state index contributed by atoms with van der Waals surface area (Å²) in [5, 5.41) is 3.22. The molecule has 1 aliphatic heterocycles. The molecule has 1 N–H and O–H groups in total. The second kappa shape index (κ2) is 4.34. The van der Waals surface area contributed by atoms with Crippen LogP contribution < -0.4 is 10.2 Å². The van der Waals surface area contributed by atoms with Crippen LogP contribution in [0.2, 0.25) is 0 Å². The lowest BCUT2D eigenvalue weighted by Gasteiger charge is -2.45. The molecule has 0 radical (unpaired) electrons. The van der Waals surface area contributed by atoms with Crippen LogP contribution in [0.5, 0.6) is 0 Å². The largest absolute Gasteiger partial charge is 0.369 e. The highest BCUT2D eigenvalue weighted by molar-refractivity contribution is 5.60. The van der Waals surface area contributed by atoms with Gasteiger partial charge >= 0.3 is 0 Å². The first-order valence-corrected chi connectivity index (χ1v) is 6.47. The maximum absolute atomic E-state index is 3.22. The zero-order chi connectivity index (χ0) is 12.6. The van der Waals surface area contributed by atoms with E-state index >= 15 is 0 Å². The van der Waals surface area contributed by atoms with Crippen molar-refractivity contribution < 1.29 is 0 Å². The van der Waals surface area contributed by atoms with Gasteiger partial charge in [-0.25, -0.2) is 0 Å². The van der Waals surface area contributed by atoms with Gasteiger partial charge in [0.15, 0.2) is 0 Å². The Labute approximate surface area is 105 Å². The molecular weight excluding hydrogens is 208 g/mol. The summed E-state index contributed by atoms with van der Waals surface area (Å²) in [6.07, 6.45) is 1.22. The molecular formula is C15H24N2. The van der Waals surface area contributed by atoms with Crippen molar-refractivity contribution in [1.29, 1.82) is 0 Å². The standard InChI is InChI=1S/C15H24N2/c1-11-9-15(2,3)17(5)14-7-6-12(10-16-4)8-13(11)14/h6-8,11,16H,9-10H2,1-5H3/t11-/m0/s1. The summed E-state index contributed by atoms with van der Waals surface area (Å²) in [5.74, 6) is 0.646. The van der Waals surface area contributed by atoms with Gasteiger partial charge in [-0.15, -0.1) is 0 Å². The number of rotatable bonds is 2. The maximum Gasteiger partial charge on any atom is 0.0403 e. The lowest BCUT2D eigenvalue weighted by atomic mass is 9.80. The van der Waals surface area contributed by atoms with E-state index in [0.29, 0.717) is 5.92 Å². The summed E-state index contributed by atoms with van der Waals surface area (Å²) in [4.78, 5) is 2.42. The van der Waals surface area contributed by atoms with Crippen LogP contribution in [-0.4, -0.2) is 19.6 Å². The average Bonchev–Trinajstić information content (AvgIpc) is 2.26. The van der Waals surface area contributed by atoms with Crippen LogP contribution in [0.25, 0.3) is 0 Å². The fourth-order valence-electron chi connectivity index (χ4n) is 2.94. The zero-order valence-corrected chi connectivity index (χ0v) is 11.7. The van der Waals surface area contributed by atoms with Gasteiger partial charge in [0.25, 0.3) is 0 Å². The normalized spacial score (nSPS) is 22.4. The third kappa shape index (κ3) is 2.19. The van der Waals surface area contributed by atoms with Crippen LogP contribution >= 0.6 is 0 Å². The van der Waals surface area contributed by atoms with Gasteiger partial charge in [-0.2, -0.15) is 0 Å². The smallest absolute Gasteiger partial charge is 0.0403 e. The van der Waals surface area contributed by atoms with Gasteiger partial charge < -0.3 is 10.2 Å². The summed E-state index contributed by atoms with van der Waals surface area (Å²) in [5.41, 5.74) is 4.54. The number of benzene rings is 1. The molecule has 0 fully saturated rings. The third-order valence-electron chi connectivity index (χ3n) is 4.08. The Bertz CT molecular complexity index is 409. The Kier molecular flexibility index (Phi) is 3.17. The number of hydrogen-bond donors (Lipinski definition) is 1. The van der Waals surface area contributed by atoms with Crippen molar-refractivity contribution in [2.24, 2.45) is 0 Å². The van der Waals surface area contributed by atoms with Gasteiger partial charge in [-0.05, 0) is 50.4 Å². The monoisotopic (exact) mass is 232 g/mol. The Hall–Kier alpha value is -1.02. The Morgan fingerprint density at radius 1 is 1.41 bits per heavy atom. The highest BCUT2D eigenvalue weighted by atomic mass is 15.2. The highest BCUT2D eigenvalue weighted by Crippen LogP contribution is 2.42. The fraction of sp³-hybridized carbons (Fsp3) is 0.600. The molecule has 0 aromatic heterocycles. The maximum atomic E-state index is 3.22. The molecule has 0 unspecified atom stereocenters. The predicted molar refractivity (Wildman–Crippen MR) is 74.7 cm³/mol. The van der Waals surface area contributed by atoms with Crippen LogP contribution in [0.4, 0.5) is 5.69 Å². The predicted octanol–water partition coefficient (Wildman–Crippen LogP) is 3.13. The van der Waals surface area contributed by atoms with Crippen LogP contribution in [-0.2, 0) is 6.54 Å². The lowest BCUT2D eigenvalue weighted by Crippen LogP contribution is -2.45. The number of nitrogens with zero attached hydrogens (tertiary/aromatic N) is 1. The molecule has 0 spiro atoms. The molecule has 1 atom stereocenters. The molecule has 1 aromatic carbocycles. The first-order valence-electron chi connectivity index (χ1n) is 6.47. The first kappa shape index (κ1) is 12.4. The van der Waals surface area contributed by atoms with E-state index in [2.05, 4.69) is 56.2 Å². The topological polar surface area (TPSA) is 15.3 Å². The molecule has 2 nitrogen and oxygen atoms in total. The minimum absolute atomic E-state index is 0.261. The van der Waals surface area contributed by atoms with E-state index in [1.54, 1.807) is 0 Å². The second-order valence-electron chi connectivity index (χ2n) is 5.90. The summed E-state index contributed by atoms with van der Waals surface area (Å²) in [6.45, 7) is 7.95. The lowest BCUT2D eigenvalue weighted by molar-refractivity contribution is 0.395. The first-order chi connectivity index (χ1) is 7.95. The molecule has 0 saturated carbocycles. The van der Waals surface area contributed by atoms with Crippen molar-refractivity contribution in [3.63, 3.8) is 0 Å². The highest BCUT2D eigenvalue weighted by Gasteiger charge is 2.33. The van der Waals surface area contributed by atoms with Gasteiger partial charge in [0.2, 0.25) is 0 Å². The molecule has 1 aromatic rings.